The lowest BCUT2D eigenvalue weighted by Crippen LogP contribution is -2.32. The van der Waals surface area contributed by atoms with E-state index >= 15 is 0 Å². The number of amides is 2. The van der Waals surface area contributed by atoms with Crippen molar-refractivity contribution < 1.29 is 9.59 Å². The molecule has 0 aromatic carbocycles. The topological polar surface area (TPSA) is 97.4 Å². The number of rotatable bonds is 3. The van der Waals surface area contributed by atoms with Gasteiger partial charge < -0.3 is 15.5 Å². The highest BCUT2D eigenvalue weighted by Crippen LogP contribution is 2.27. The largest absolute Gasteiger partial charge is 0.364 e. The fourth-order valence-corrected chi connectivity index (χ4v) is 3.63. The van der Waals surface area contributed by atoms with E-state index in [1.807, 2.05) is 19.2 Å². The minimum absolute atomic E-state index is 0.152. The van der Waals surface area contributed by atoms with Crippen molar-refractivity contribution in [3.63, 3.8) is 0 Å². The van der Waals surface area contributed by atoms with Crippen molar-refractivity contribution in [2.45, 2.75) is 25.8 Å². The molecule has 2 aliphatic heterocycles. The first-order valence-corrected chi connectivity index (χ1v) is 8.40. The van der Waals surface area contributed by atoms with Crippen LogP contribution in [0.3, 0.4) is 0 Å². The minimum Gasteiger partial charge on any atom is -0.364 e. The number of aryl methyl sites for hydroxylation is 1. The van der Waals surface area contributed by atoms with Gasteiger partial charge in [0.05, 0.1) is 11.9 Å². The molecule has 0 unspecified atom stereocenters. The van der Waals surface area contributed by atoms with Gasteiger partial charge in [0.15, 0.2) is 5.69 Å². The molecule has 25 heavy (non-hydrogen) atoms. The van der Waals surface area contributed by atoms with Gasteiger partial charge in [0.1, 0.15) is 5.82 Å². The van der Waals surface area contributed by atoms with E-state index in [1.165, 1.54) is 0 Å². The Morgan fingerprint density at radius 3 is 2.72 bits per heavy atom. The number of primary amides is 1. The third-order valence-corrected chi connectivity index (χ3v) is 4.92. The van der Waals surface area contributed by atoms with Gasteiger partial charge in [-0.15, -0.1) is 0 Å². The molecule has 2 amide bonds. The summed E-state index contributed by atoms with van der Waals surface area (Å²) in [5, 5.41) is 4.25. The molecular weight excluding hydrogens is 320 g/mol. The maximum atomic E-state index is 11.8. The highest BCUT2D eigenvalue weighted by atomic mass is 16.2. The van der Waals surface area contributed by atoms with Crippen molar-refractivity contribution in [3.8, 4) is 0 Å². The van der Waals surface area contributed by atoms with Gasteiger partial charge in [0.25, 0.3) is 5.91 Å². The summed E-state index contributed by atoms with van der Waals surface area (Å²) in [5.74, 6) is 0.466. The number of fused-ring (bicyclic) bond motifs is 1. The first-order chi connectivity index (χ1) is 12.0. The zero-order valence-corrected chi connectivity index (χ0v) is 14.1. The van der Waals surface area contributed by atoms with Crippen molar-refractivity contribution >= 4 is 23.3 Å². The van der Waals surface area contributed by atoms with E-state index in [4.69, 9.17) is 5.73 Å². The quantitative estimate of drug-likeness (QED) is 0.882. The van der Waals surface area contributed by atoms with Gasteiger partial charge in [-0.1, -0.05) is 0 Å². The highest BCUT2D eigenvalue weighted by molar-refractivity contribution is 5.95. The average Bonchev–Trinajstić information content (AvgIpc) is 3.18. The van der Waals surface area contributed by atoms with E-state index in [0.29, 0.717) is 18.7 Å². The molecule has 8 heteroatoms. The number of hydrogen-bond acceptors (Lipinski definition) is 5. The number of aromatic nitrogens is 3. The SMILES string of the molecule is Cn1nc(C(N)=O)c2c1CCN(c1ccc(N3CCCC3=O)cn1)C2. The van der Waals surface area contributed by atoms with E-state index in [0.717, 1.165) is 48.7 Å². The Balaban J connectivity index is 1.57. The van der Waals surface area contributed by atoms with E-state index in [-0.39, 0.29) is 5.91 Å². The summed E-state index contributed by atoms with van der Waals surface area (Å²) in [7, 11) is 1.83. The maximum absolute atomic E-state index is 11.8. The first kappa shape index (κ1) is 15.6. The zero-order chi connectivity index (χ0) is 17.6. The van der Waals surface area contributed by atoms with Crippen molar-refractivity contribution in [1.82, 2.24) is 14.8 Å². The van der Waals surface area contributed by atoms with Gasteiger partial charge >= 0.3 is 0 Å². The number of nitrogens with zero attached hydrogens (tertiary/aromatic N) is 5. The summed E-state index contributed by atoms with van der Waals surface area (Å²) >= 11 is 0. The summed E-state index contributed by atoms with van der Waals surface area (Å²) in [6, 6.07) is 3.85. The van der Waals surface area contributed by atoms with Crippen LogP contribution in [0.15, 0.2) is 18.3 Å². The van der Waals surface area contributed by atoms with Gasteiger partial charge in [-0.2, -0.15) is 5.10 Å². The van der Waals surface area contributed by atoms with Crippen LogP contribution in [-0.2, 0) is 24.8 Å². The lowest BCUT2D eigenvalue weighted by atomic mass is 10.0. The normalized spacial score (nSPS) is 17.1. The van der Waals surface area contributed by atoms with Gasteiger partial charge in [-0.05, 0) is 18.6 Å². The van der Waals surface area contributed by atoms with Crippen molar-refractivity contribution in [1.29, 1.82) is 0 Å². The van der Waals surface area contributed by atoms with Crippen LogP contribution in [0.4, 0.5) is 11.5 Å². The molecule has 0 atom stereocenters. The lowest BCUT2D eigenvalue weighted by Gasteiger charge is -2.28. The molecule has 2 aromatic heterocycles. The average molecular weight is 340 g/mol. The molecule has 8 nitrogen and oxygen atoms in total. The second-order valence-electron chi connectivity index (χ2n) is 6.46. The molecule has 4 rings (SSSR count). The van der Waals surface area contributed by atoms with E-state index in [2.05, 4.69) is 15.0 Å². The molecule has 2 aliphatic rings. The Morgan fingerprint density at radius 1 is 1.24 bits per heavy atom. The molecule has 2 aromatic rings. The van der Waals surface area contributed by atoms with Crippen molar-refractivity contribution in [3.05, 3.63) is 35.3 Å². The fraction of sp³-hybridized carbons (Fsp3) is 0.412. The molecule has 130 valence electrons. The summed E-state index contributed by atoms with van der Waals surface area (Å²) < 4.78 is 1.74. The second-order valence-corrected chi connectivity index (χ2v) is 6.46. The highest BCUT2D eigenvalue weighted by Gasteiger charge is 2.27. The van der Waals surface area contributed by atoms with Crippen LogP contribution in [0.2, 0.25) is 0 Å². The molecule has 2 N–H and O–H groups in total. The molecule has 1 fully saturated rings. The van der Waals surface area contributed by atoms with E-state index < -0.39 is 5.91 Å². The van der Waals surface area contributed by atoms with Crippen LogP contribution in [0.25, 0.3) is 0 Å². The lowest BCUT2D eigenvalue weighted by molar-refractivity contribution is -0.117. The molecule has 1 saturated heterocycles. The number of nitrogens with two attached hydrogens (primary N) is 1. The first-order valence-electron chi connectivity index (χ1n) is 8.40. The van der Waals surface area contributed by atoms with E-state index in [1.54, 1.807) is 15.8 Å². The molecular formula is C17H20N6O2. The van der Waals surface area contributed by atoms with Crippen LogP contribution in [-0.4, -0.2) is 39.7 Å². The number of anilines is 2. The van der Waals surface area contributed by atoms with E-state index in [9.17, 15) is 9.59 Å². The minimum atomic E-state index is -0.505. The predicted molar refractivity (Wildman–Crippen MR) is 92.3 cm³/mol. The van der Waals surface area contributed by atoms with Gasteiger partial charge in [0, 0.05) is 50.8 Å². The Morgan fingerprint density at radius 2 is 2.08 bits per heavy atom. The molecule has 0 aliphatic carbocycles. The molecule has 0 radical (unpaired) electrons. The van der Waals surface area contributed by atoms with Gasteiger partial charge in [0.2, 0.25) is 5.91 Å². The summed E-state index contributed by atoms with van der Waals surface area (Å²) in [6.45, 7) is 2.10. The fourth-order valence-electron chi connectivity index (χ4n) is 3.63. The third-order valence-electron chi connectivity index (χ3n) is 4.92. The van der Waals surface area contributed by atoms with Crippen LogP contribution in [0.1, 0.15) is 34.6 Å². The van der Waals surface area contributed by atoms with Gasteiger partial charge in [-0.25, -0.2) is 4.98 Å². The zero-order valence-electron chi connectivity index (χ0n) is 14.1. The smallest absolute Gasteiger partial charge is 0.269 e. The van der Waals surface area contributed by atoms with Crippen LogP contribution < -0.4 is 15.5 Å². The molecule has 0 bridgehead atoms. The summed E-state index contributed by atoms with van der Waals surface area (Å²) in [6.07, 6.45) is 4.02. The predicted octanol–water partition coefficient (Wildman–Crippen LogP) is 0.603. The van der Waals surface area contributed by atoms with Crippen LogP contribution in [0.5, 0.6) is 0 Å². The van der Waals surface area contributed by atoms with Crippen LogP contribution >= 0.6 is 0 Å². The Labute approximate surface area is 145 Å². The standard InChI is InChI=1S/C17H20N6O2/c1-21-13-6-8-22(10-12(13)16(20-21)17(18)25)14-5-4-11(9-19-14)23-7-2-3-15(23)24/h4-5,9H,2-3,6-8,10H2,1H3,(H2,18,25). The number of carbonyl (C=O) groups is 2. The molecule has 0 spiro atoms. The number of pyridine rings is 1. The second kappa shape index (κ2) is 5.87. The third kappa shape index (κ3) is 2.63. The summed E-state index contributed by atoms with van der Waals surface area (Å²) in [5.41, 5.74) is 8.54. The van der Waals surface area contributed by atoms with Crippen molar-refractivity contribution in [2.75, 3.05) is 22.9 Å². The Hall–Kier alpha value is -2.90. The van der Waals surface area contributed by atoms with Crippen molar-refractivity contribution in [2.24, 2.45) is 12.8 Å². The monoisotopic (exact) mass is 340 g/mol. The maximum Gasteiger partial charge on any atom is 0.269 e. The number of hydrogen-bond donors (Lipinski definition) is 1. The summed E-state index contributed by atoms with van der Waals surface area (Å²) in [4.78, 5) is 31.9. The van der Waals surface area contributed by atoms with Gasteiger partial charge in [-0.3, -0.25) is 14.3 Å². The molecule has 4 heterocycles. The Bertz CT molecular complexity index is 842. The number of carbonyl (C=O) groups excluding carboxylic acids is 2. The molecule has 0 saturated carbocycles. The van der Waals surface area contributed by atoms with Crippen LogP contribution in [0, 0.1) is 0 Å². The Kier molecular flexibility index (Phi) is 3.67.